The molecule has 1 N–H and O–H groups in total. The van der Waals surface area contributed by atoms with Crippen LogP contribution in [0.25, 0.3) is 11.0 Å². The molecule has 2 aromatic carbocycles. The number of anilines is 1. The van der Waals surface area contributed by atoms with Crippen LogP contribution in [0.2, 0.25) is 0 Å². The Balaban J connectivity index is 1.18. The molecule has 0 radical (unpaired) electrons. The first-order valence-electron chi connectivity index (χ1n) is 17.7. The maximum Gasteiger partial charge on any atom is 0.341 e. The van der Waals surface area contributed by atoms with Crippen molar-refractivity contribution in [2.75, 3.05) is 65.9 Å². The van der Waals surface area contributed by atoms with Crippen LogP contribution in [0.5, 0.6) is 5.75 Å². The van der Waals surface area contributed by atoms with E-state index in [-0.39, 0.29) is 36.4 Å². The summed E-state index contributed by atoms with van der Waals surface area (Å²) in [6.45, 7) is 7.16. The molecule has 0 bridgehead atoms. The Morgan fingerprint density at radius 2 is 1.77 bits per heavy atom. The maximum absolute atomic E-state index is 16.4. The number of halogens is 1. The lowest BCUT2D eigenvalue weighted by Crippen LogP contribution is -2.53. The number of amides is 2. The zero-order valence-electron chi connectivity index (χ0n) is 30.5. The minimum absolute atomic E-state index is 0.0885. The van der Waals surface area contributed by atoms with E-state index < -0.39 is 39.2 Å². The van der Waals surface area contributed by atoms with Gasteiger partial charge in [0.2, 0.25) is 0 Å². The van der Waals surface area contributed by atoms with Gasteiger partial charge in [-0.2, -0.15) is 12.7 Å². The number of aryl methyl sites for hydroxylation is 2. The van der Waals surface area contributed by atoms with Gasteiger partial charge in [0.1, 0.15) is 5.58 Å². The molecule has 1 unspecified atom stereocenters. The Morgan fingerprint density at radius 3 is 2.46 bits per heavy atom. The lowest BCUT2D eigenvalue weighted by Gasteiger charge is -2.41. The minimum atomic E-state index is -4.18. The molecular formula is C37H46FN5O8S. The van der Waals surface area contributed by atoms with Gasteiger partial charge in [0.15, 0.2) is 11.6 Å². The highest BCUT2D eigenvalue weighted by atomic mass is 32.2. The number of nitrogens with one attached hydrogen (secondary N) is 1. The highest BCUT2D eigenvalue weighted by molar-refractivity contribution is 7.87. The van der Waals surface area contributed by atoms with Crippen molar-refractivity contribution in [2.45, 2.75) is 58.2 Å². The zero-order valence-corrected chi connectivity index (χ0v) is 31.3. The van der Waals surface area contributed by atoms with Crippen molar-refractivity contribution < 1.29 is 36.3 Å². The first-order valence-corrected chi connectivity index (χ1v) is 19.2. The number of carbonyl (C=O) groups is 2. The SMILES string of the molecule is COC[C@H]1CN(c2cc(C)c3c4c(c(=O)oc3c2C)CN(C(=O)c2ccc(C(=O)NS(=O)(=O)N(C)C)c(OC3C[C@@H]5C[C@@H]5C3)c2F)CC4)CCN1C. The van der Waals surface area contributed by atoms with E-state index in [1.165, 1.54) is 25.1 Å². The number of carbonyl (C=O) groups excluding carboxylic acids is 2. The number of fused-ring (bicyclic) bond motifs is 4. The fourth-order valence-electron chi connectivity index (χ4n) is 8.16. The van der Waals surface area contributed by atoms with Crippen LogP contribution in [0.4, 0.5) is 10.1 Å². The molecule has 13 nitrogen and oxygen atoms in total. The summed E-state index contributed by atoms with van der Waals surface area (Å²) in [6.07, 6.45) is 2.45. The fraction of sp³-hybridized carbons (Fsp3) is 0.541. The third kappa shape index (κ3) is 6.56. The Labute approximate surface area is 302 Å². The first-order chi connectivity index (χ1) is 24.7. The van der Waals surface area contributed by atoms with Crippen molar-refractivity contribution in [2.24, 2.45) is 11.8 Å². The first kappa shape index (κ1) is 36.3. The molecule has 52 heavy (non-hydrogen) atoms. The topological polar surface area (TPSA) is 142 Å². The van der Waals surface area contributed by atoms with Crippen LogP contribution in [0, 0.1) is 31.5 Å². The Morgan fingerprint density at radius 1 is 1.06 bits per heavy atom. The van der Waals surface area contributed by atoms with Crippen molar-refractivity contribution in [3.8, 4) is 5.75 Å². The van der Waals surface area contributed by atoms with Gasteiger partial charge in [-0.25, -0.2) is 13.9 Å². The van der Waals surface area contributed by atoms with Crippen LogP contribution in [0.1, 0.15) is 62.2 Å². The largest absolute Gasteiger partial charge is 0.486 e. The number of nitrogens with zero attached hydrogens (tertiary/aromatic N) is 4. The second-order valence-electron chi connectivity index (χ2n) is 14.9. The van der Waals surface area contributed by atoms with Crippen molar-refractivity contribution in [1.29, 1.82) is 0 Å². The molecule has 7 rings (SSSR count). The van der Waals surface area contributed by atoms with Crippen LogP contribution in [0.15, 0.2) is 27.4 Å². The van der Waals surface area contributed by atoms with Gasteiger partial charge in [-0.1, -0.05) is 0 Å². The highest BCUT2D eigenvalue weighted by Gasteiger charge is 2.47. The van der Waals surface area contributed by atoms with E-state index in [1.807, 2.05) is 18.6 Å². The van der Waals surface area contributed by atoms with Crippen LogP contribution in [-0.4, -0.2) is 108 Å². The molecule has 3 aromatic rings. The van der Waals surface area contributed by atoms with Crippen LogP contribution < -0.4 is 20.0 Å². The highest BCUT2D eigenvalue weighted by Crippen LogP contribution is 2.53. The second-order valence-corrected chi connectivity index (χ2v) is 16.8. The lowest BCUT2D eigenvalue weighted by atomic mass is 9.92. The van der Waals surface area contributed by atoms with Crippen LogP contribution in [-0.2, 0) is 27.9 Å². The van der Waals surface area contributed by atoms with Crippen LogP contribution >= 0.6 is 0 Å². The summed E-state index contributed by atoms with van der Waals surface area (Å²) in [5.74, 6) is -2.29. The van der Waals surface area contributed by atoms with Gasteiger partial charge in [0, 0.05) is 64.0 Å². The van der Waals surface area contributed by atoms with E-state index in [1.54, 1.807) is 7.11 Å². The molecule has 2 aliphatic heterocycles. The van der Waals surface area contributed by atoms with E-state index >= 15 is 4.39 Å². The average molecular weight is 740 g/mol. The van der Waals surface area contributed by atoms with Gasteiger partial charge in [-0.15, -0.1) is 0 Å². The summed E-state index contributed by atoms with van der Waals surface area (Å²) in [5, 5.41) is 0.852. The summed E-state index contributed by atoms with van der Waals surface area (Å²) < 4.78 is 61.5. The molecule has 1 saturated heterocycles. The number of methoxy groups -OCH3 is 1. The third-order valence-electron chi connectivity index (χ3n) is 11.3. The fourth-order valence-corrected chi connectivity index (χ4v) is 8.69. The van der Waals surface area contributed by atoms with Crippen molar-refractivity contribution in [1.82, 2.24) is 18.8 Å². The molecule has 3 heterocycles. The van der Waals surface area contributed by atoms with E-state index in [9.17, 15) is 22.8 Å². The molecule has 0 spiro atoms. The molecule has 2 aliphatic carbocycles. The van der Waals surface area contributed by atoms with Crippen LogP contribution in [0.3, 0.4) is 0 Å². The number of piperazine rings is 1. The Bertz CT molecular complexity index is 2110. The minimum Gasteiger partial charge on any atom is -0.486 e. The number of hydrogen-bond donors (Lipinski definition) is 1. The smallest absolute Gasteiger partial charge is 0.341 e. The molecule has 2 saturated carbocycles. The number of rotatable bonds is 9. The second kappa shape index (κ2) is 13.7. The quantitative estimate of drug-likeness (QED) is 0.326. The molecule has 15 heteroatoms. The van der Waals surface area contributed by atoms with Crippen molar-refractivity contribution in [3.05, 3.63) is 67.8 Å². The van der Waals surface area contributed by atoms with E-state index in [2.05, 4.69) is 22.9 Å². The maximum atomic E-state index is 16.4. The number of likely N-dealkylation sites (N-methyl/N-ethyl adjacent to an activating group) is 1. The standard InChI is InChI=1S/C37H46FN5O8S/c1-20-13-30(42-12-11-41(5)24(17-42)19-49-6)21(2)33-31(20)26-9-10-43(18-29(26)37(46)51-33)36(45)27-7-8-28(35(44)39-52(47,48)40(3)4)34(32(27)38)50-25-15-22-14-23(22)16-25/h7-8,13,22-25H,9-12,14-19H2,1-6H3,(H,39,44)/t22-,23+,24-,25?/m1/s1. The average Bonchev–Trinajstić information content (AvgIpc) is 3.72. The van der Waals surface area contributed by atoms with E-state index in [0.29, 0.717) is 48.9 Å². The molecule has 280 valence electrons. The molecule has 3 fully saturated rings. The zero-order chi connectivity index (χ0) is 37.2. The molecule has 2 amide bonds. The predicted octanol–water partition coefficient (Wildman–Crippen LogP) is 3.23. The van der Waals surface area contributed by atoms with Gasteiger partial charge in [0.05, 0.1) is 42.0 Å². The Hall–Kier alpha value is -4.05. The van der Waals surface area contributed by atoms with Gasteiger partial charge in [-0.3, -0.25) is 14.5 Å². The monoisotopic (exact) mass is 739 g/mol. The van der Waals surface area contributed by atoms with E-state index in [0.717, 1.165) is 64.2 Å². The third-order valence-corrected chi connectivity index (χ3v) is 12.7. The Kier molecular flexibility index (Phi) is 9.59. The lowest BCUT2D eigenvalue weighted by molar-refractivity contribution is 0.0725. The summed E-state index contributed by atoms with van der Waals surface area (Å²) in [6, 6.07) is 4.73. The molecule has 4 aliphatic rings. The van der Waals surface area contributed by atoms with Gasteiger partial charge >= 0.3 is 15.8 Å². The van der Waals surface area contributed by atoms with E-state index in [4.69, 9.17) is 13.9 Å². The van der Waals surface area contributed by atoms with Crippen molar-refractivity contribution >= 4 is 38.7 Å². The van der Waals surface area contributed by atoms with Crippen molar-refractivity contribution in [3.63, 3.8) is 0 Å². The summed E-state index contributed by atoms with van der Waals surface area (Å²) in [7, 11) is 2.12. The predicted molar refractivity (Wildman–Crippen MR) is 193 cm³/mol. The number of benzene rings is 2. The summed E-state index contributed by atoms with van der Waals surface area (Å²) in [5.41, 5.74) is 3.31. The van der Waals surface area contributed by atoms with Gasteiger partial charge in [-0.05, 0) is 87.7 Å². The molecular weight excluding hydrogens is 693 g/mol. The van der Waals surface area contributed by atoms with Gasteiger partial charge in [0.25, 0.3) is 11.8 Å². The molecule has 4 atom stereocenters. The molecule has 1 aromatic heterocycles. The number of hydrogen-bond acceptors (Lipinski definition) is 10. The number of ether oxygens (including phenoxy) is 2. The summed E-state index contributed by atoms with van der Waals surface area (Å²) in [4.78, 5) is 46.7. The van der Waals surface area contributed by atoms with Gasteiger partial charge < -0.3 is 23.7 Å². The summed E-state index contributed by atoms with van der Waals surface area (Å²) >= 11 is 0. The normalized spacial score (nSPS) is 23.2.